The van der Waals surface area contributed by atoms with Crippen molar-refractivity contribution < 1.29 is 9.53 Å². The Hall–Kier alpha value is -2.99. The van der Waals surface area contributed by atoms with Gasteiger partial charge in [0.15, 0.2) is 0 Å². The van der Waals surface area contributed by atoms with Gasteiger partial charge in [0.05, 0.1) is 13.2 Å². The van der Waals surface area contributed by atoms with E-state index in [1.807, 2.05) is 56.3 Å². The van der Waals surface area contributed by atoms with E-state index in [0.29, 0.717) is 6.54 Å². The van der Waals surface area contributed by atoms with Crippen molar-refractivity contribution in [3.63, 3.8) is 0 Å². The molecule has 33 heavy (non-hydrogen) atoms. The predicted octanol–water partition coefficient (Wildman–Crippen LogP) is 4.61. The number of carbonyl (C=O) groups excluding carboxylic acids is 1. The molecule has 5 heteroatoms. The quantitative estimate of drug-likeness (QED) is 0.534. The molecule has 3 aromatic carbocycles. The van der Waals surface area contributed by atoms with Crippen molar-refractivity contribution >= 4 is 11.6 Å². The summed E-state index contributed by atoms with van der Waals surface area (Å²) in [6.45, 7) is 9.03. The molecule has 1 saturated heterocycles. The summed E-state index contributed by atoms with van der Waals surface area (Å²) in [6.07, 6.45) is 0. The molecule has 0 saturated carbocycles. The molecule has 0 aromatic heterocycles. The van der Waals surface area contributed by atoms with Crippen LogP contribution in [0.15, 0.2) is 72.8 Å². The van der Waals surface area contributed by atoms with Crippen LogP contribution in [0.4, 0.5) is 5.69 Å². The van der Waals surface area contributed by atoms with Crippen LogP contribution in [0.1, 0.15) is 33.9 Å². The molecule has 4 rings (SSSR count). The number of anilines is 1. The molecule has 0 radical (unpaired) electrons. The van der Waals surface area contributed by atoms with Gasteiger partial charge in [0.2, 0.25) is 5.91 Å². The summed E-state index contributed by atoms with van der Waals surface area (Å²) in [5, 5.41) is 6.67. The van der Waals surface area contributed by atoms with Crippen LogP contribution in [0.5, 0.6) is 0 Å². The van der Waals surface area contributed by atoms with E-state index in [2.05, 4.69) is 45.9 Å². The Morgan fingerprint density at radius 3 is 2.39 bits per heavy atom. The second kappa shape index (κ2) is 11.2. The van der Waals surface area contributed by atoms with Gasteiger partial charge in [-0.3, -0.25) is 15.0 Å². The first-order valence-electron chi connectivity index (χ1n) is 11.6. The third-order valence-corrected chi connectivity index (χ3v) is 6.16. The van der Waals surface area contributed by atoms with Crippen molar-refractivity contribution in [2.24, 2.45) is 0 Å². The highest BCUT2D eigenvalue weighted by Crippen LogP contribution is 2.21. The van der Waals surface area contributed by atoms with E-state index in [0.717, 1.165) is 55.2 Å². The highest BCUT2D eigenvalue weighted by Gasteiger charge is 2.21. The molecule has 0 unspecified atom stereocenters. The van der Waals surface area contributed by atoms with E-state index in [-0.39, 0.29) is 5.91 Å². The highest BCUT2D eigenvalue weighted by atomic mass is 16.5. The maximum atomic E-state index is 13.4. The summed E-state index contributed by atoms with van der Waals surface area (Å²) in [4.78, 5) is 15.8. The van der Waals surface area contributed by atoms with E-state index < -0.39 is 6.04 Å². The molecule has 2 N–H and O–H groups in total. The summed E-state index contributed by atoms with van der Waals surface area (Å²) in [5.74, 6) is -0.0550. The van der Waals surface area contributed by atoms with Gasteiger partial charge in [0, 0.05) is 31.9 Å². The van der Waals surface area contributed by atoms with E-state index in [1.165, 1.54) is 11.1 Å². The summed E-state index contributed by atoms with van der Waals surface area (Å²) >= 11 is 0. The fraction of sp³-hybridized carbons (Fsp3) is 0.321. The minimum Gasteiger partial charge on any atom is -0.379 e. The zero-order valence-electron chi connectivity index (χ0n) is 19.5. The molecule has 172 valence electrons. The number of morpholine rings is 1. The third-order valence-electron chi connectivity index (χ3n) is 6.16. The van der Waals surface area contributed by atoms with Gasteiger partial charge in [-0.25, -0.2) is 0 Å². The number of rotatable bonds is 8. The number of benzene rings is 3. The normalized spacial score (nSPS) is 15.2. The van der Waals surface area contributed by atoms with Crippen molar-refractivity contribution in [3.05, 3.63) is 101 Å². The van der Waals surface area contributed by atoms with Gasteiger partial charge in [-0.2, -0.15) is 0 Å². The van der Waals surface area contributed by atoms with Crippen LogP contribution < -0.4 is 10.6 Å². The molecule has 0 bridgehead atoms. The molecule has 1 atom stereocenters. The van der Waals surface area contributed by atoms with Gasteiger partial charge >= 0.3 is 0 Å². The summed E-state index contributed by atoms with van der Waals surface area (Å²) in [6, 6.07) is 24.1. The van der Waals surface area contributed by atoms with Gasteiger partial charge in [0.25, 0.3) is 0 Å². The molecule has 0 spiro atoms. The maximum Gasteiger partial charge on any atom is 0.246 e. The minimum absolute atomic E-state index is 0.0550. The molecule has 1 aliphatic heterocycles. The molecule has 1 amide bonds. The minimum atomic E-state index is -0.456. The van der Waals surface area contributed by atoms with Gasteiger partial charge in [-0.15, -0.1) is 0 Å². The van der Waals surface area contributed by atoms with Gasteiger partial charge in [0.1, 0.15) is 6.04 Å². The Balaban J connectivity index is 1.51. The zero-order chi connectivity index (χ0) is 23.0. The third kappa shape index (κ3) is 6.29. The number of amides is 1. The maximum absolute atomic E-state index is 13.4. The smallest absolute Gasteiger partial charge is 0.246 e. The van der Waals surface area contributed by atoms with Crippen LogP contribution in [0.3, 0.4) is 0 Å². The Morgan fingerprint density at radius 1 is 0.939 bits per heavy atom. The lowest BCUT2D eigenvalue weighted by molar-refractivity contribution is -0.118. The van der Waals surface area contributed by atoms with Crippen LogP contribution in [-0.2, 0) is 22.6 Å². The van der Waals surface area contributed by atoms with Gasteiger partial charge in [-0.1, -0.05) is 66.7 Å². The first kappa shape index (κ1) is 23.2. The van der Waals surface area contributed by atoms with Crippen LogP contribution in [0.2, 0.25) is 0 Å². The Morgan fingerprint density at radius 2 is 1.64 bits per heavy atom. The van der Waals surface area contributed by atoms with E-state index in [9.17, 15) is 4.79 Å². The second-order valence-corrected chi connectivity index (χ2v) is 8.69. The number of hydrogen-bond donors (Lipinski definition) is 2. The zero-order valence-corrected chi connectivity index (χ0v) is 19.5. The number of nitrogens with one attached hydrogen (secondary N) is 2. The van der Waals surface area contributed by atoms with Crippen LogP contribution >= 0.6 is 0 Å². The first-order valence-corrected chi connectivity index (χ1v) is 11.6. The van der Waals surface area contributed by atoms with Crippen molar-refractivity contribution in [1.29, 1.82) is 0 Å². The largest absolute Gasteiger partial charge is 0.379 e. The number of ether oxygens (including phenoxy) is 1. The van der Waals surface area contributed by atoms with Crippen LogP contribution in [0, 0.1) is 13.8 Å². The Kier molecular flexibility index (Phi) is 7.89. The summed E-state index contributed by atoms with van der Waals surface area (Å²) in [7, 11) is 0. The first-order chi connectivity index (χ1) is 16.1. The van der Waals surface area contributed by atoms with Crippen molar-refractivity contribution in [1.82, 2.24) is 10.2 Å². The summed E-state index contributed by atoms with van der Waals surface area (Å²) < 4.78 is 5.49. The number of carbonyl (C=O) groups is 1. The van der Waals surface area contributed by atoms with Crippen LogP contribution in [0.25, 0.3) is 0 Å². The number of aryl methyl sites for hydroxylation is 2. The van der Waals surface area contributed by atoms with Gasteiger partial charge < -0.3 is 10.1 Å². The van der Waals surface area contributed by atoms with E-state index >= 15 is 0 Å². The van der Waals surface area contributed by atoms with Gasteiger partial charge in [-0.05, 0) is 47.7 Å². The molecule has 1 fully saturated rings. The van der Waals surface area contributed by atoms with Crippen LogP contribution in [-0.4, -0.2) is 37.1 Å². The molecular weight excluding hydrogens is 410 g/mol. The fourth-order valence-electron chi connectivity index (χ4n) is 4.18. The van der Waals surface area contributed by atoms with E-state index in [4.69, 9.17) is 4.74 Å². The highest BCUT2D eigenvalue weighted by molar-refractivity contribution is 5.96. The SMILES string of the molecule is Cc1ccc(C)c(NC(=O)[C@@H](NCc2ccccc2CN2CCOCC2)c2ccccc2)c1. The van der Waals surface area contributed by atoms with Crippen molar-refractivity contribution in [2.75, 3.05) is 31.6 Å². The summed E-state index contributed by atoms with van der Waals surface area (Å²) in [5.41, 5.74) is 6.48. The van der Waals surface area contributed by atoms with Crippen molar-refractivity contribution in [2.45, 2.75) is 33.0 Å². The molecular formula is C28H33N3O2. The lowest BCUT2D eigenvalue weighted by atomic mass is 10.0. The van der Waals surface area contributed by atoms with E-state index in [1.54, 1.807) is 0 Å². The molecule has 5 nitrogen and oxygen atoms in total. The Bertz CT molecular complexity index is 1060. The molecule has 3 aromatic rings. The lowest BCUT2D eigenvalue weighted by Crippen LogP contribution is -2.36. The average molecular weight is 444 g/mol. The standard InChI is InChI=1S/C28H33N3O2/c1-21-12-13-22(2)26(18-21)30-28(32)27(23-8-4-3-5-9-23)29-19-24-10-6-7-11-25(24)20-31-14-16-33-17-15-31/h3-13,18,27,29H,14-17,19-20H2,1-2H3,(H,30,32)/t27-/m0/s1. The number of nitrogens with zero attached hydrogens (tertiary/aromatic N) is 1. The molecule has 1 heterocycles. The molecule has 1 aliphatic rings. The predicted molar refractivity (Wildman–Crippen MR) is 133 cm³/mol. The average Bonchev–Trinajstić information content (AvgIpc) is 2.84. The second-order valence-electron chi connectivity index (χ2n) is 8.69. The number of hydrogen-bond acceptors (Lipinski definition) is 4. The van der Waals surface area contributed by atoms with Crippen molar-refractivity contribution in [3.8, 4) is 0 Å². The lowest BCUT2D eigenvalue weighted by Gasteiger charge is -2.27. The molecule has 0 aliphatic carbocycles. The topological polar surface area (TPSA) is 53.6 Å². The Labute approximate surface area is 196 Å². The monoisotopic (exact) mass is 443 g/mol. The fourth-order valence-corrected chi connectivity index (χ4v) is 4.18.